The lowest BCUT2D eigenvalue weighted by Crippen LogP contribution is -2.41. The average molecular weight is 248 g/mol. The molecule has 1 aromatic heterocycles. The molecule has 0 aliphatic heterocycles. The fraction of sp³-hybridized carbons (Fsp3) is 0.538. The summed E-state index contributed by atoms with van der Waals surface area (Å²) in [5, 5.41) is 0. The monoisotopic (exact) mass is 248 g/mol. The lowest BCUT2D eigenvalue weighted by atomic mass is 10.1. The van der Waals surface area contributed by atoms with Gasteiger partial charge in [-0.1, -0.05) is 12.8 Å². The summed E-state index contributed by atoms with van der Waals surface area (Å²) in [6.45, 7) is 2.13. The Balaban J connectivity index is 2.32. The molecule has 0 bridgehead atoms. The highest BCUT2D eigenvalue weighted by Gasteiger charge is 2.26. The Bertz CT molecular complexity index is 441. The number of primary amides is 1. The first kappa shape index (κ1) is 12.7. The maximum Gasteiger partial charge on any atom is 0.237 e. The molecule has 1 aliphatic carbocycles. The fourth-order valence-corrected chi connectivity index (χ4v) is 2.54. The van der Waals surface area contributed by atoms with Crippen molar-refractivity contribution >= 4 is 17.4 Å². The van der Waals surface area contributed by atoms with Crippen molar-refractivity contribution < 1.29 is 4.79 Å². The number of nitrogens with two attached hydrogens (primary N) is 2. The minimum atomic E-state index is -0.343. The van der Waals surface area contributed by atoms with Crippen LogP contribution in [0.2, 0.25) is 0 Å². The van der Waals surface area contributed by atoms with Crippen LogP contribution in [0.15, 0.2) is 12.3 Å². The molecule has 0 spiro atoms. The molecule has 1 aliphatic rings. The SMILES string of the molecule is Cc1ccnc(N(CC(N)=O)C2CCCC2)c1N. The molecule has 1 fully saturated rings. The first-order chi connectivity index (χ1) is 8.59. The van der Waals surface area contributed by atoms with Gasteiger partial charge >= 0.3 is 0 Å². The molecule has 1 saturated carbocycles. The van der Waals surface area contributed by atoms with Crippen LogP contribution >= 0.6 is 0 Å². The smallest absolute Gasteiger partial charge is 0.237 e. The van der Waals surface area contributed by atoms with E-state index in [1.807, 2.05) is 17.9 Å². The van der Waals surface area contributed by atoms with Gasteiger partial charge in [0, 0.05) is 12.2 Å². The lowest BCUT2D eigenvalue weighted by molar-refractivity contribution is -0.116. The second kappa shape index (κ2) is 5.25. The van der Waals surface area contributed by atoms with Crippen molar-refractivity contribution in [1.29, 1.82) is 0 Å². The van der Waals surface area contributed by atoms with Crippen LogP contribution in [0.5, 0.6) is 0 Å². The molecule has 2 rings (SSSR count). The van der Waals surface area contributed by atoms with Gasteiger partial charge in [-0.3, -0.25) is 4.79 Å². The molecule has 0 aromatic carbocycles. The Morgan fingerprint density at radius 3 is 2.78 bits per heavy atom. The minimum Gasteiger partial charge on any atom is -0.396 e. The van der Waals surface area contributed by atoms with Crippen LogP contribution in [0.25, 0.3) is 0 Å². The van der Waals surface area contributed by atoms with Crippen molar-refractivity contribution in [2.45, 2.75) is 38.6 Å². The molecule has 18 heavy (non-hydrogen) atoms. The van der Waals surface area contributed by atoms with Crippen LogP contribution in [0, 0.1) is 6.92 Å². The van der Waals surface area contributed by atoms with Gasteiger partial charge in [0.1, 0.15) is 0 Å². The first-order valence-corrected chi connectivity index (χ1v) is 6.35. The van der Waals surface area contributed by atoms with E-state index in [0.29, 0.717) is 17.5 Å². The standard InChI is InChI=1S/C13H20N4O/c1-9-6-7-16-13(12(9)15)17(8-11(14)18)10-4-2-3-5-10/h6-7,10H,2-5,8,15H2,1H3,(H2,14,18). The van der Waals surface area contributed by atoms with Gasteiger partial charge in [-0.25, -0.2) is 4.98 Å². The summed E-state index contributed by atoms with van der Waals surface area (Å²) in [6, 6.07) is 2.20. The second-order valence-electron chi connectivity index (χ2n) is 4.90. The van der Waals surface area contributed by atoms with E-state index in [9.17, 15) is 4.79 Å². The zero-order valence-corrected chi connectivity index (χ0v) is 10.7. The van der Waals surface area contributed by atoms with E-state index in [4.69, 9.17) is 11.5 Å². The number of aromatic nitrogens is 1. The van der Waals surface area contributed by atoms with Crippen molar-refractivity contribution in [3.63, 3.8) is 0 Å². The van der Waals surface area contributed by atoms with E-state index in [1.165, 1.54) is 12.8 Å². The Morgan fingerprint density at radius 1 is 1.50 bits per heavy atom. The fourth-order valence-electron chi connectivity index (χ4n) is 2.54. The zero-order chi connectivity index (χ0) is 13.1. The molecule has 5 heteroatoms. The maximum atomic E-state index is 11.2. The number of nitrogen functional groups attached to an aromatic ring is 1. The van der Waals surface area contributed by atoms with Crippen molar-refractivity contribution in [3.8, 4) is 0 Å². The number of nitrogens with zero attached hydrogens (tertiary/aromatic N) is 2. The average Bonchev–Trinajstić information content (AvgIpc) is 2.83. The third kappa shape index (κ3) is 2.55. The van der Waals surface area contributed by atoms with E-state index in [1.54, 1.807) is 6.20 Å². The van der Waals surface area contributed by atoms with Crippen molar-refractivity contribution in [2.75, 3.05) is 17.2 Å². The highest BCUT2D eigenvalue weighted by Crippen LogP contribution is 2.31. The number of aryl methyl sites for hydroxylation is 1. The quantitative estimate of drug-likeness (QED) is 0.838. The Kier molecular flexibility index (Phi) is 3.69. The van der Waals surface area contributed by atoms with Crippen molar-refractivity contribution in [1.82, 2.24) is 4.98 Å². The summed E-state index contributed by atoms with van der Waals surface area (Å²) in [4.78, 5) is 17.5. The largest absolute Gasteiger partial charge is 0.396 e. The van der Waals surface area contributed by atoms with Gasteiger partial charge in [0.05, 0.1) is 12.2 Å². The summed E-state index contributed by atoms with van der Waals surface area (Å²) < 4.78 is 0. The van der Waals surface area contributed by atoms with Crippen LogP contribution in [0.1, 0.15) is 31.2 Å². The van der Waals surface area contributed by atoms with E-state index in [2.05, 4.69) is 4.98 Å². The van der Waals surface area contributed by atoms with Gasteiger partial charge in [-0.05, 0) is 31.4 Å². The van der Waals surface area contributed by atoms with Crippen LogP contribution in [0.3, 0.4) is 0 Å². The lowest BCUT2D eigenvalue weighted by Gasteiger charge is -2.30. The number of rotatable bonds is 4. The summed E-state index contributed by atoms with van der Waals surface area (Å²) in [5.41, 5.74) is 13.0. The van der Waals surface area contributed by atoms with E-state index < -0.39 is 0 Å². The molecule has 5 nitrogen and oxygen atoms in total. The number of anilines is 2. The number of carbonyl (C=O) groups excluding carboxylic acids is 1. The molecule has 0 radical (unpaired) electrons. The van der Waals surface area contributed by atoms with Gasteiger partial charge in [-0.15, -0.1) is 0 Å². The number of carbonyl (C=O) groups is 1. The van der Waals surface area contributed by atoms with E-state index >= 15 is 0 Å². The van der Waals surface area contributed by atoms with Crippen LogP contribution < -0.4 is 16.4 Å². The highest BCUT2D eigenvalue weighted by molar-refractivity contribution is 5.81. The molecule has 1 heterocycles. The van der Waals surface area contributed by atoms with Gasteiger partial charge in [0.25, 0.3) is 0 Å². The molecule has 1 aromatic rings. The van der Waals surface area contributed by atoms with Crippen molar-refractivity contribution in [2.24, 2.45) is 5.73 Å². The summed E-state index contributed by atoms with van der Waals surface area (Å²) in [5.74, 6) is 0.352. The Hall–Kier alpha value is -1.78. The summed E-state index contributed by atoms with van der Waals surface area (Å²) >= 11 is 0. The van der Waals surface area contributed by atoms with Crippen LogP contribution in [-0.4, -0.2) is 23.5 Å². The summed E-state index contributed by atoms with van der Waals surface area (Å²) in [7, 11) is 0. The molecule has 1 amide bonds. The van der Waals surface area contributed by atoms with Crippen molar-refractivity contribution in [3.05, 3.63) is 17.8 Å². The molecule has 0 saturated heterocycles. The third-order valence-corrected chi connectivity index (χ3v) is 3.55. The van der Waals surface area contributed by atoms with Gasteiger partial charge in [0.2, 0.25) is 5.91 Å². The molecular weight excluding hydrogens is 228 g/mol. The van der Waals surface area contributed by atoms with E-state index in [-0.39, 0.29) is 12.5 Å². The van der Waals surface area contributed by atoms with E-state index in [0.717, 1.165) is 18.4 Å². The molecule has 0 atom stereocenters. The topological polar surface area (TPSA) is 85.2 Å². The predicted octanol–water partition coefficient (Wildman–Crippen LogP) is 1.21. The summed E-state index contributed by atoms with van der Waals surface area (Å²) in [6.07, 6.45) is 6.24. The van der Waals surface area contributed by atoms with Crippen LogP contribution in [0.4, 0.5) is 11.5 Å². The molecular formula is C13H20N4O. The van der Waals surface area contributed by atoms with Gasteiger partial charge in [-0.2, -0.15) is 0 Å². The number of pyridine rings is 1. The number of hydrogen-bond donors (Lipinski definition) is 2. The number of amides is 1. The Morgan fingerprint density at radius 2 is 2.17 bits per heavy atom. The zero-order valence-electron chi connectivity index (χ0n) is 10.7. The van der Waals surface area contributed by atoms with Crippen LogP contribution in [-0.2, 0) is 4.79 Å². The molecule has 4 N–H and O–H groups in total. The van der Waals surface area contributed by atoms with Gasteiger partial charge in [0.15, 0.2) is 5.82 Å². The predicted molar refractivity (Wildman–Crippen MR) is 72.2 cm³/mol. The third-order valence-electron chi connectivity index (χ3n) is 3.55. The second-order valence-corrected chi connectivity index (χ2v) is 4.90. The molecule has 0 unspecified atom stereocenters. The molecule has 98 valence electrons. The minimum absolute atomic E-state index is 0.186. The number of hydrogen-bond acceptors (Lipinski definition) is 4. The Labute approximate surface area is 107 Å². The normalized spacial score (nSPS) is 15.8. The maximum absolute atomic E-state index is 11.2. The first-order valence-electron chi connectivity index (χ1n) is 6.35. The van der Waals surface area contributed by atoms with Gasteiger partial charge < -0.3 is 16.4 Å². The highest BCUT2D eigenvalue weighted by atomic mass is 16.1.